The van der Waals surface area contributed by atoms with Crippen LogP contribution in [0.15, 0.2) is 41.3 Å². The molecule has 3 atom stereocenters. The van der Waals surface area contributed by atoms with Crippen LogP contribution >= 0.6 is 0 Å². The summed E-state index contributed by atoms with van der Waals surface area (Å²) in [5, 5.41) is 0. The Morgan fingerprint density at radius 3 is 2.29 bits per heavy atom. The first-order valence-corrected chi connectivity index (χ1v) is 18.1. The third-order valence-electron chi connectivity index (χ3n) is 10.6. The van der Waals surface area contributed by atoms with Gasteiger partial charge in [-0.05, 0) is 132 Å². The van der Waals surface area contributed by atoms with Crippen LogP contribution in [0.1, 0.15) is 89.2 Å². The van der Waals surface area contributed by atoms with Gasteiger partial charge in [0.15, 0.2) is 15.7 Å². The summed E-state index contributed by atoms with van der Waals surface area (Å²) < 4.78 is 41.8. The number of sulfone groups is 1. The van der Waals surface area contributed by atoms with Crippen molar-refractivity contribution >= 4 is 20.9 Å². The molecule has 42 heavy (non-hydrogen) atoms. The fourth-order valence-electron chi connectivity index (χ4n) is 7.83. The minimum absolute atomic E-state index is 0.249. The molecule has 4 aliphatic rings. The number of benzene rings is 2. The molecule has 2 aromatic carbocycles. The Bertz CT molecular complexity index is 1550. The lowest BCUT2D eigenvalue weighted by Gasteiger charge is -2.48. The van der Waals surface area contributed by atoms with Crippen LogP contribution in [0.3, 0.4) is 0 Å². The van der Waals surface area contributed by atoms with Crippen molar-refractivity contribution in [1.29, 1.82) is 0 Å². The third-order valence-corrected chi connectivity index (χ3v) is 11.7. The standard InChI is InChI=1S/C34H45FN4O2S/c1-4-27-20-29(17-22(2)38(27)21-23-5-6-23)37-15-13-24(14-16-37)26-18-31(35)33-32(19-26)39(28-9-10-28)34(36-33)25-7-11-30(12-8-25)42(3,40)41/h7-8,11-12,18-19,22-24,27-29H,4-6,9-10,13-17,20-21H2,1-3H3. The fraction of sp³-hybridized carbons (Fsp3) is 0.618. The van der Waals surface area contributed by atoms with Gasteiger partial charge in [0.2, 0.25) is 0 Å². The normalized spacial score (nSPS) is 26.7. The van der Waals surface area contributed by atoms with Gasteiger partial charge in [-0.3, -0.25) is 4.90 Å². The number of hydrogen-bond acceptors (Lipinski definition) is 5. The topological polar surface area (TPSA) is 58.4 Å². The summed E-state index contributed by atoms with van der Waals surface area (Å²) in [5.41, 5.74) is 3.21. The number of hydrogen-bond donors (Lipinski definition) is 0. The van der Waals surface area contributed by atoms with Crippen molar-refractivity contribution in [3.63, 3.8) is 0 Å². The number of halogens is 1. The first-order valence-electron chi connectivity index (χ1n) is 16.2. The van der Waals surface area contributed by atoms with Gasteiger partial charge in [0.1, 0.15) is 11.3 Å². The van der Waals surface area contributed by atoms with E-state index in [-0.39, 0.29) is 10.7 Å². The van der Waals surface area contributed by atoms with Crippen molar-refractivity contribution in [1.82, 2.24) is 19.4 Å². The summed E-state index contributed by atoms with van der Waals surface area (Å²) in [5.74, 6) is 1.78. The van der Waals surface area contributed by atoms with Gasteiger partial charge in [-0.25, -0.2) is 17.8 Å². The predicted molar refractivity (Wildman–Crippen MR) is 166 cm³/mol. The van der Waals surface area contributed by atoms with Gasteiger partial charge in [-0.1, -0.05) is 6.92 Å². The first-order chi connectivity index (χ1) is 20.2. The molecule has 2 aliphatic heterocycles. The second kappa shape index (κ2) is 11.0. The number of piperidine rings is 2. The molecule has 0 radical (unpaired) electrons. The van der Waals surface area contributed by atoms with Gasteiger partial charge in [0.05, 0.1) is 10.4 Å². The molecule has 7 rings (SSSR count). The molecule has 0 N–H and O–H groups in total. The van der Waals surface area contributed by atoms with Crippen LogP contribution in [-0.4, -0.2) is 71.8 Å². The fourth-order valence-corrected chi connectivity index (χ4v) is 8.46. The Kier molecular flexibility index (Phi) is 7.47. The second-order valence-electron chi connectivity index (χ2n) is 13.7. The predicted octanol–water partition coefficient (Wildman–Crippen LogP) is 6.80. The molecule has 2 saturated heterocycles. The zero-order chi connectivity index (χ0) is 29.2. The second-order valence-corrected chi connectivity index (χ2v) is 15.7. The van der Waals surface area contributed by atoms with Crippen LogP contribution in [0, 0.1) is 11.7 Å². The first kappa shape index (κ1) is 28.5. The Hall–Kier alpha value is -2.29. The molecule has 3 unspecified atom stereocenters. The summed E-state index contributed by atoms with van der Waals surface area (Å²) in [6.07, 6.45) is 12.1. The molecule has 4 fully saturated rings. The number of imidazole rings is 1. The zero-order valence-electron chi connectivity index (χ0n) is 25.3. The summed E-state index contributed by atoms with van der Waals surface area (Å²) >= 11 is 0. The molecule has 0 amide bonds. The van der Waals surface area contributed by atoms with Crippen LogP contribution in [0.2, 0.25) is 0 Å². The van der Waals surface area contributed by atoms with E-state index in [0.717, 1.165) is 67.2 Å². The Balaban J connectivity index is 1.09. The number of aromatic nitrogens is 2. The maximum Gasteiger partial charge on any atom is 0.175 e. The average molecular weight is 593 g/mol. The van der Waals surface area contributed by atoms with E-state index in [0.29, 0.717) is 35.6 Å². The van der Waals surface area contributed by atoms with Crippen molar-refractivity contribution in [2.24, 2.45) is 5.92 Å². The minimum atomic E-state index is -3.28. The Morgan fingerprint density at radius 1 is 0.952 bits per heavy atom. The number of likely N-dealkylation sites (tertiary alicyclic amines) is 2. The molecule has 6 nitrogen and oxygen atoms in total. The lowest BCUT2D eigenvalue weighted by molar-refractivity contribution is 0.0149. The summed E-state index contributed by atoms with van der Waals surface area (Å²) in [4.78, 5) is 10.6. The number of rotatable bonds is 8. The van der Waals surface area contributed by atoms with E-state index in [4.69, 9.17) is 4.98 Å². The van der Waals surface area contributed by atoms with Crippen LogP contribution in [0.25, 0.3) is 22.4 Å². The van der Waals surface area contributed by atoms with Crippen LogP contribution in [0.5, 0.6) is 0 Å². The highest BCUT2D eigenvalue weighted by atomic mass is 32.2. The number of nitrogens with zero attached hydrogens (tertiary/aromatic N) is 4. The van der Waals surface area contributed by atoms with E-state index in [1.54, 1.807) is 30.3 Å². The SMILES string of the molecule is CCC1CC(N2CCC(c3cc(F)c4nc(-c5ccc(S(C)(=O)=O)cc5)n(C5CC5)c4c3)CC2)CC(C)N1CC1CC1. The van der Waals surface area contributed by atoms with Crippen molar-refractivity contribution in [2.75, 3.05) is 25.9 Å². The molecule has 8 heteroatoms. The molecule has 3 heterocycles. The zero-order valence-corrected chi connectivity index (χ0v) is 26.1. The highest BCUT2D eigenvalue weighted by Crippen LogP contribution is 2.43. The average Bonchev–Trinajstić information content (AvgIpc) is 3.92. The van der Waals surface area contributed by atoms with Gasteiger partial charge in [0.25, 0.3) is 0 Å². The summed E-state index contributed by atoms with van der Waals surface area (Å²) in [7, 11) is -3.28. The summed E-state index contributed by atoms with van der Waals surface area (Å²) in [6.45, 7) is 8.27. The smallest absolute Gasteiger partial charge is 0.175 e. The van der Waals surface area contributed by atoms with E-state index in [1.165, 1.54) is 44.9 Å². The van der Waals surface area contributed by atoms with Gasteiger partial charge < -0.3 is 9.47 Å². The van der Waals surface area contributed by atoms with Gasteiger partial charge in [-0.2, -0.15) is 0 Å². The molecule has 0 spiro atoms. The van der Waals surface area contributed by atoms with Crippen molar-refractivity contribution in [2.45, 2.75) is 107 Å². The van der Waals surface area contributed by atoms with Crippen molar-refractivity contribution in [3.8, 4) is 11.4 Å². The summed E-state index contributed by atoms with van der Waals surface area (Å²) in [6, 6.07) is 13.1. The molecule has 0 bridgehead atoms. The van der Waals surface area contributed by atoms with Gasteiger partial charge >= 0.3 is 0 Å². The number of fused-ring (bicyclic) bond motifs is 1. The van der Waals surface area contributed by atoms with Gasteiger partial charge in [-0.15, -0.1) is 0 Å². The Labute approximate surface area is 250 Å². The Morgan fingerprint density at radius 2 is 1.67 bits per heavy atom. The van der Waals surface area contributed by atoms with Crippen LogP contribution in [-0.2, 0) is 9.84 Å². The third kappa shape index (κ3) is 5.55. The maximum atomic E-state index is 15.7. The largest absolute Gasteiger partial charge is 0.321 e. The molecule has 1 aromatic heterocycles. The van der Waals surface area contributed by atoms with E-state index < -0.39 is 9.84 Å². The lowest BCUT2D eigenvalue weighted by Crippen LogP contribution is -2.55. The van der Waals surface area contributed by atoms with Crippen molar-refractivity contribution < 1.29 is 12.8 Å². The molecular weight excluding hydrogens is 547 g/mol. The maximum absolute atomic E-state index is 15.7. The minimum Gasteiger partial charge on any atom is -0.321 e. The van der Waals surface area contributed by atoms with Crippen LogP contribution in [0.4, 0.5) is 4.39 Å². The molecule has 3 aromatic rings. The lowest BCUT2D eigenvalue weighted by atomic mass is 9.85. The van der Waals surface area contributed by atoms with Crippen LogP contribution < -0.4 is 0 Å². The highest BCUT2D eigenvalue weighted by molar-refractivity contribution is 7.90. The van der Waals surface area contributed by atoms with E-state index in [2.05, 4.69) is 34.3 Å². The van der Waals surface area contributed by atoms with E-state index >= 15 is 4.39 Å². The quantitative estimate of drug-likeness (QED) is 0.288. The highest BCUT2D eigenvalue weighted by Gasteiger charge is 2.39. The molecular formula is C34H45FN4O2S. The molecule has 226 valence electrons. The monoisotopic (exact) mass is 592 g/mol. The molecule has 2 aliphatic carbocycles. The molecule has 2 saturated carbocycles. The van der Waals surface area contributed by atoms with E-state index in [1.807, 2.05) is 0 Å². The van der Waals surface area contributed by atoms with Gasteiger partial charge in [0, 0.05) is 42.5 Å². The van der Waals surface area contributed by atoms with E-state index in [9.17, 15) is 8.42 Å². The van der Waals surface area contributed by atoms with Crippen molar-refractivity contribution in [3.05, 3.63) is 47.8 Å².